The van der Waals surface area contributed by atoms with E-state index < -0.39 is 0 Å². The summed E-state index contributed by atoms with van der Waals surface area (Å²) in [6, 6.07) is 5.82. The van der Waals surface area contributed by atoms with Crippen LogP contribution in [0.5, 0.6) is 0 Å². The Labute approximate surface area is 105 Å². The maximum Gasteiger partial charge on any atom is 0.137 e. The fraction of sp³-hybridized carbons (Fsp3) is 0.385. The molecule has 0 saturated heterocycles. The molecule has 0 spiro atoms. The lowest BCUT2D eigenvalue weighted by Gasteiger charge is -2.17. The van der Waals surface area contributed by atoms with Gasteiger partial charge in [0.2, 0.25) is 0 Å². The summed E-state index contributed by atoms with van der Waals surface area (Å²) < 4.78 is 13.8. The molecule has 1 aromatic carbocycles. The molecule has 2 atom stereocenters. The highest BCUT2D eigenvalue weighted by atomic mass is 79.9. The highest BCUT2D eigenvalue weighted by Gasteiger charge is 2.07. The quantitative estimate of drug-likeness (QED) is 0.814. The van der Waals surface area contributed by atoms with Crippen LogP contribution in [0, 0.1) is 5.82 Å². The Kier molecular flexibility index (Phi) is 5.16. The molecule has 1 nitrogen and oxygen atoms in total. The van der Waals surface area contributed by atoms with Gasteiger partial charge < -0.3 is 5.32 Å². The maximum atomic E-state index is 13.3. The fourth-order valence-electron chi connectivity index (χ4n) is 1.60. The molecule has 0 aliphatic carbocycles. The van der Waals surface area contributed by atoms with Gasteiger partial charge in [0.15, 0.2) is 0 Å². The van der Waals surface area contributed by atoms with Crippen LogP contribution in [-0.4, -0.2) is 12.1 Å². The molecule has 16 heavy (non-hydrogen) atoms. The second kappa shape index (κ2) is 6.16. The van der Waals surface area contributed by atoms with Crippen molar-refractivity contribution >= 4 is 15.9 Å². The summed E-state index contributed by atoms with van der Waals surface area (Å²) in [5.74, 6) is -0.207. The smallest absolute Gasteiger partial charge is 0.137 e. The van der Waals surface area contributed by atoms with Crippen LogP contribution < -0.4 is 5.32 Å². The Morgan fingerprint density at radius 2 is 2.19 bits per heavy atom. The summed E-state index contributed by atoms with van der Waals surface area (Å²) in [7, 11) is 0. The molecule has 2 unspecified atom stereocenters. The Bertz CT molecular complexity index is 365. The van der Waals surface area contributed by atoms with Gasteiger partial charge in [-0.15, -0.1) is 6.58 Å². The zero-order valence-electron chi connectivity index (χ0n) is 9.63. The molecule has 0 aliphatic heterocycles. The van der Waals surface area contributed by atoms with Gasteiger partial charge in [0.05, 0.1) is 4.47 Å². The standard InChI is InChI=1S/C13H17BrFN/c1-4-9(2)16-10(3)7-11-5-6-12(14)13(15)8-11/h4-6,8-10,16H,1,7H2,2-3H3. The average molecular weight is 286 g/mol. The molecule has 0 radical (unpaired) electrons. The number of hydrogen-bond donors (Lipinski definition) is 1. The fourth-order valence-corrected chi connectivity index (χ4v) is 1.84. The van der Waals surface area contributed by atoms with E-state index in [0.29, 0.717) is 10.5 Å². The van der Waals surface area contributed by atoms with Gasteiger partial charge in [-0.25, -0.2) is 4.39 Å². The molecule has 0 bridgehead atoms. The monoisotopic (exact) mass is 285 g/mol. The van der Waals surface area contributed by atoms with Gasteiger partial charge in [0, 0.05) is 12.1 Å². The molecule has 0 saturated carbocycles. The zero-order valence-corrected chi connectivity index (χ0v) is 11.2. The Balaban J connectivity index is 2.59. The molecule has 0 fully saturated rings. The third-order valence-electron chi connectivity index (χ3n) is 2.43. The summed E-state index contributed by atoms with van der Waals surface area (Å²) in [5, 5.41) is 3.36. The number of rotatable bonds is 5. The molecule has 1 rings (SSSR count). The summed E-state index contributed by atoms with van der Waals surface area (Å²) >= 11 is 3.14. The van der Waals surface area contributed by atoms with Crippen LogP contribution in [-0.2, 0) is 6.42 Å². The van der Waals surface area contributed by atoms with Crippen LogP contribution in [0.4, 0.5) is 4.39 Å². The Morgan fingerprint density at radius 3 is 2.75 bits per heavy atom. The van der Waals surface area contributed by atoms with Crippen molar-refractivity contribution < 1.29 is 4.39 Å². The molecule has 3 heteroatoms. The first-order valence-electron chi connectivity index (χ1n) is 5.35. The van der Waals surface area contributed by atoms with Crippen molar-refractivity contribution in [1.82, 2.24) is 5.32 Å². The van der Waals surface area contributed by atoms with E-state index >= 15 is 0 Å². The predicted octanol–water partition coefficient (Wildman–Crippen LogP) is 3.68. The first-order chi connectivity index (χ1) is 7.52. The highest BCUT2D eigenvalue weighted by Crippen LogP contribution is 2.17. The summed E-state index contributed by atoms with van der Waals surface area (Å²) in [5.41, 5.74) is 0.997. The summed E-state index contributed by atoms with van der Waals surface area (Å²) in [4.78, 5) is 0. The molecule has 1 aromatic rings. The normalized spacial score (nSPS) is 14.5. The van der Waals surface area contributed by atoms with Gasteiger partial charge in [0.1, 0.15) is 5.82 Å². The van der Waals surface area contributed by atoms with Crippen molar-refractivity contribution in [3.63, 3.8) is 0 Å². The lowest BCUT2D eigenvalue weighted by molar-refractivity contribution is 0.512. The van der Waals surface area contributed by atoms with Crippen molar-refractivity contribution in [2.75, 3.05) is 0 Å². The molecular formula is C13H17BrFN. The topological polar surface area (TPSA) is 12.0 Å². The predicted molar refractivity (Wildman–Crippen MR) is 70.1 cm³/mol. The Morgan fingerprint density at radius 1 is 1.50 bits per heavy atom. The number of benzene rings is 1. The van der Waals surface area contributed by atoms with Crippen molar-refractivity contribution in [2.45, 2.75) is 32.4 Å². The van der Waals surface area contributed by atoms with E-state index in [2.05, 4.69) is 34.7 Å². The number of hydrogen-bond acceptors (Lipinski definition) is 1. The van der Waals surface area contributed by atoms with Gasteiger partial charge in [-0.05, 0) is 53.9 Å². The number of halogens is 2. The van der Waals surface area contributed by atoms with E-state index in [4.69, 9.17) is 0 Å². The molecule has 0 aliphatic rings. The highest BCUT2D eigenvalue weighted by molar-refractivity contribution is 9.10. The van der Waals surface area contributed by atoms with Gasteiger partial charge in [-0.1, -0.05) is 12.1 Å². The third kappa shape index (κ3) is 4.06. The van der Waals surface area contributed by atoms with Crippen molar-refractivity contribution in [3.05, 3.63) is 46.7 Å². The van der Waals surface area contributed by atoms with Crippen LogP contribution in [0.1, 0.15) is 19.4 Å². The van der Waals surface area contributed by atoms with Crippen molar-refractivity contribution in [3.8, 4) is 0 Å². The molecular weight excluding hydrogens is 269 g/mol. The molecule has 88 valence electrons. The minimum absolute atomic E-state index is 0.207. The molecule has 0 heterocycles. The maximum absolute atomic E-state index is 13.3. The second-order valence-corrected chi connectivity index (χ2v) is 4.90. The zero-order chi connectivity index (χ0) is 12.1. The third-order valence-corrected chi connectivity index (χ3v) is 3.07. The lowest BCUT2D eigenvalue weighted by Crippen LogP contribution is -2.34. The van der Waals surface area contributed by atoms with Crippen LogP contribution in [0.25, 0.3) is 0 Å². The van der Waals surface area contributed by atoms with Crippen molar-refractivity contribution in [2.24, 2.45) is 0 Å². The summed E-state index contributed by atoms with van der Waals surface area (Å²) in [6.45, 7) is 7.85. The molecule has 1 N–H and O–H groups in total. The second-order valence-electron chi connectivity index (χ2n) is 4.04. The molecule has 0 amide bonds. The van der Waals surface area contributed by atoms with Gasteiger partial charge >= 0.3 is 0 Å². The van der Waals surface area contributed by atoms with Crippen LogP contribution in [0.15, 0.2) is 35.3 Å². The largest absolute Gasteiger partial charge is 0.308 e. The van der Waals surface area contributed by atoms with E-state index in [9.17, 15) is 4.39 Å². The molecule has 0 aromatic heterocycles. The van der Waals surface area contributed by atoms with Crippen molar-refractivity contribution in [1.29, 1.82) is 0 Å². The van der Waals surface area contributed by atoms with E-state index in [1.807, 2.05) is 19.1 Å². The first-order valence-corrected chi connectivity index (χ1v) is 6.14. The minimum atomic E-state index is -0.207. The van der Waals surface area contributed by atoms with E-state index in [1.165, 1.54) is 0 Å². The summed E-state index contributed by atoms with van der Waals surface area (Å²) in [6.07, 6.45) is 2.67. The first kappa shape index (κ1) is 13.4. The Hall–Kier alpha value is -0.670. The number of nitrogens with one attached hydrogen (secondary N) is 1. The minimum Gasteiger partial charge on any atom is -0.308 e. The van der Waals surface area contributed by atoms with Crippen LogP contribution in [0.2, 0.25) is 0 Å². The van der Waals surface area contributed by atoms with E-state index in [1.54, 1.807) is 12.1 Å². The van der Waals surface area contributed by atoms with Crippen LogP contribution in [0.3, 0.4) is 0 Å². The average Bonchev–Trinajstić information content (AvgIpc) is 2.23. The lowest BCUT2D eigenvalue weighted by atomic mass is 10.1. The SMILES string of the molecule is C=CC(C)NC(C)Cc1ccc(Br)c(F)c1. The van der Waals surface area contributed by atoms with Gasteiger partial charge in [-0.3, -0.25) is 0 Å². The van der Waals surface area contributed by atoms with E-state index in [0.717, 1.165) is 12.0 Å². The van der Waals surface area contributed by atoms with Gasteiger partial charge in [0.25, 0.3) is 0 Å². The van der Waals surface area contributed by atoms with Crippen LogP contribution >= 0.6 is 15.9 Å². The van der Waals surface area contributed by atoms with E-state index in [-0.39, 0.29) is 11.9 Å². The van der Waals surface area contributed by atoms with Gasteiger partial charge in [-0.2, -0.15) is 0 Å².